The molecule has 0 bridgehead atoms. The van der Waals surface area contributed by atoms with Gasteiger partial charge in [-0.05, 0) is 54.3 Å². The number of halogens is 1. The van der Waals surface area contributed by atoms with Gasteiger partial charge in [-0.1, -0.05) is 36.5 Å². The van der Waals surface area contributed by atoms with Crippen molar-refractivity contribution in [1.29, 1.82) is 0 Å². The Kier molecular flexibility index (Phi) is 5.53. The lowest BCUT2D eigenvalue weighted by Gasteiger charge is -2.43. The summed E-state index contributed by atoms with van der Waals surface area (Å²) in [5.41, 5.74) is 3.72. The fourth-order valence-electron chi connectivity index (χ4n) is 4.05. The molecule has 3 aromatic rings. The van der Waals surface area contributed by atoms with Crippen molar-refractivity contribution in [3.8, 4) is 11.5 Å². The molecular formula is C25H21FN2O2S2. The summed E-state index contributed by atoms with van der Waals surface area (Å²) in [7, 11) is 1.63. The number of nitrogens with one attached hydrogen (secondary N) is 1. The van der Waals surface area contributed by atoms with Crippen molar-refractivity contribution in [3.63, 3.8) is 0 Å². The minimum Gasteiger partial charge on any atom is -0.493 e. The van der Waals surface area contributed by atoms with E-state index in [-0.39, 0.29) is 12.0 Å². The monoisotopic (exact) mass is 464 g/mol. The van der Waals surface area contributed by atoms with Crippen LogP contribution in [-0.4, -0.2) is 18.4 Å². The third-order valence-corrected chi connectivity index (χ3v) is 6.77. The second-order valence-electron chi connectivity index (χ2n) is 7.51. The molecule has 3 aromatic carbocycles. The summed E-state index contributed by atoms with van der Waals surface area (Å²) in [5.74, 6) is 1.69. The Morgan fingerprint density at radius 2 is 1.84 bits per heavy atom. The smallest absolute Gasteiger partial charge is 0.209 e. The van der Waals surface area contributed by atoms with E-state index in [1.807, 2.05) is 29.4 Å². The Morgan fingerprint density at radius 3 is 2.53 bits per heavy atom. The van der Waals surface area contributed by atoms with Crippen molar-refractivity contribution in [2.75, 3.05) is 18.3 Å². The topological polar surface area (TPSA) is 33.7 Å². The molecule has 32 heavy (non-hydrogen) atoms. The number of nitrogens with zero attached hydrogens (tertiary/aromatic N) is 1. The molecule has 0 unspecified atom stereocenters. The number of hydrogen-bond donors (Lipinski definition) is 1. The molecule has 162 valence electrons. The molecule has 1 atom stereocenters. The van der Waals surface area contributed by atoms with Crippen LogP contribution in [0.15, 0.2) is 83.1 Å². The Bertz CT molecular complexity index is 1210. The Morgan fingerprint density at radius 1 is 1.09 bits per heavy atom. The van der Waals surface area contributed by atoms with Gasteiger partial charge in [0.1, 0.15) is 17.0 Å². The molecule has 0 aliphatic carbocycles. The van der Waals surface area contributed by atoms with Crippen LogP contribution < -0.4 is 19.7 Å². The maximum Gasteiger partial charge on any atom is 0.209 e. The van der Waals surface area contributed by atoms with E-state index in [0.29, 0.717) is 28.8 Å². The van der Waals surface area contributed by atoms with Crippen LogP contribution in [0.2, 0.25) is 0 Å². The highest BCUT2D eigenvalue weighted by Crippen LogP contribution is 2.44. The highest BCUT2D eigenvalue weighted by molar-refractivity contribution is 7.98. The van der Waals surface area contributed by atoms with E-state index in [4.69, 9.17) is 21.7 Å². The predicted molar refractivity (Wildman–Crippen MR) is 130 cm³/mol. The zero-order valence-electron chi connectivity index (χ0n) is 17.6. The van der Waals surface area contributed by atoms with E-state index in [1.54, 1.807) is 31.0 Å². The van der Waals surface area contributed by atoms with Gasteiger partial charge in [-0.25, -0.2) is 4.39 Å². The number of anilines is 1. The normalized spacial score (nSPS) is 17.3. The van der Waals surface area contributed by atoms with Crippen LogP contribution >= 0.6 is 24.0 Å². The number of methoxy groups -OCH3 is 1. The average molecular weight is 465 g/mol. The zero-order chi connectivity index (χ0) is 22.2. The molecule has 0 fully saturated rings. The van der Waals surface area contributed by atoms with E-state index in [2.05, 4.69) is 29.6 Å². The van der Waals surface area contributed by atoms with Gasteiger partial charge in [0.2, 0.25) is 5.88 Å². The summed E-state index contributed by atoms with van der Waals surface area (Å²) in [4.78, 5) is 3.85. The molecule has 5 rings (SSSR count). The minimum absolute atomic E-state index is 0.291. The second kappa shape index (κ2) is 8.48. The van der Waals surface area contributed by atoms with Crippen LogP contribution in [0.3, 0.4) is 0 Å². The summed E-state index contributed by atoms with van der Waals surface area (Å²) in [6, 6.07) is 20.6. The SMILES string of the molecule is COc1cccc2c1OC1=C(C2)C(=S)N[C@H](c2ccc(SC)cc2)N1c1ccc(F)cc1. The molecule has 7 heteroatoms. The van der Waals surface area contributed by atoms with Crippen molar-refractivity contribution >= 4 is 34.7 Å². The number of para-hydroxylation sites is 1. The number of thioether (sulfide) groups is 1. The maximum atomic E-state index is 13.7. The van der Waals surface area contributed by atoms with Crippen LogP contribution in [0.25, 0.3) is 0 Å². The molecule has 0 saturated heterocycles. The van der Waals surface area contributed by atoms with Gasteiger partial charge in [0, 0.05) is 22.6 Å². The zero-order valence-corrected chi connectivity index (χ0v) is 19.2. The number of benzene rings is 3. The van der Waals surface area contributed by atoms with Crippen molar-refractivity contribution in [1.82, 2.24) is 5.32 Å². The summed E-state index contributed by atoms with van der Waals surface area (Å²) >= 11 is 7.46. The average Bonchev–Trinajstić information content (AvgIpc) is 2.83. The van der Waals surface area contributed by atoms with E-state index < -0.39 is 0 Å². The van der Waals surface area contributed by atoms with Gasteiger partial charge < -0.3 is 14.8 Å². The lowest BCUT2D eigenvalue weighted by Crippen LogP contribution is -2.49. The van der Waals surface area contributed by atoms with Gasteiger partial charge in [0.25, 0.3) is 0 Å². The molecule has 0 spiro atoms. The Labute approximate surface area is 196 Å². The van der Waals surface area contributed by atoms with Gasteiger partial charge in [-0.15, -0.1) is 11.8 Å². The number of thiocarbonyl (C=S) groups is 1. The van der Waals surface area contributed by atoms with Crippen LogP contribution in [0.5, 0.6) is 11.5 Å². The van der Waals surface area contributed by atoms with Gasteiger partial charge in [0.15, 0.2) is 11.5 Å². The van der Waals surface area contributed by atoms with Gasteiger partial charge >= 0.3 is 0 Å². The summed E-state index contributed by atoms with van der Waals surface area (Å²) in [5, 5.41) is 3.48. The first kappa shape index (κ1) is 20.8. The van der Waals surface area contributed by atoms with E-state index in [9.17, 15) is 4.39 Å². The molecule has 2 heterocycles. The molecule has 0 aromatic heterocycles. The summed E-state index contributed by atoms with van der Waals surface area (Å²) < 4.78 is 25.8. The largest absolute Gasteiger partial charge is 0.493 e. The number of hydrogen-bond acceptors (Lipinski definition) is 5. The molecule has 2 aliphatic heterocycles. The van der Waals surface area contributed by atoms with Gasteiger partial charge in [0.05, 0.1) is 12.7 Å². The first-order valence-electron chi connectivity index (χ1n) is 10.2. The summed E-state index contributed by atoms with van der Waals surface area (Å²) in [6.45, 7) is 0. The third kappa shape index (κ3) is 3.61. The molecule has 1 N–H and O–H groups in total. The number of rotatable bonds is 4. The van der Waals surface area contributed by atoms with E-state index in [0.717, 1.165) is 22.4 Å². The van der Waals surface area contributed by atoms with Crippen molar-refractivity contribution in [2.45, 2.75) is 17.5 Å². The lowest BCUT2D eigenvalue weighted by atomic mass is 9.98. The predicted octanol–water partition coefficient (Wildman–Crippen LogP) is 5.84. The first-order valence-corrected chi connectivity index (χ1v) is 11.8. The standard InChI is InChI=1S/C25H21FN2O2S2/c1-29-21-5-3-4-16-14-20-24(31)27-23(15-6-12-19(32-2)13-7-15)28(25(20)30-22(16)21)18-10-8-17(26)9-11-18/h3-13,23H,14H2,1-2H3,(H,27,31)/t23-/m0/s1. The minimum atomic E-state index is -0.307. The van der Waals surface area contributed by atoms with Crippen LogP contribution in [0, 0.1) is 5.82 Å². The number of fused-ring (bicyclic) bond motifs is 1. The van der Waals surface area contributed by atoms with Crippen molar-refractivity contribution in [2.24, 2.45) is 0 Å². The van der Waals surface area contributed by atoms with Gasteiger partial charge in [-0.3, -0.25) is 4.90 Å². The summed E-state index contributed by atoms with van der Waals surface area (Å²) in [6.07, 6.45) is 2.36. The van der Waals surface area contributed by atoms with Crippen LogP contribution in [0.4, 0.5) is 10.1 Å². The fraction of sp³-hybridized carbons (Fsp3) is 0.160. The highest BCUT2D eigenvalue weighted by atomic mass is 32.2. The third-order valence-electron chi connectivity index (χ3n) is 5.66. The van der Waals surface area contributed by atoms with Crippen molar-refractivity contribution < 1.29 is 13.9 Å². The quantitative estimate of drug-likeness (QED) is 0.386. The van der Waals surface area contributed by atoms with Crippen LogP contribution in [-0.2, 0) is 6.42 Å². The molecule has 0 saturated carbocycles. The maximum absolute atomic E-state index is 13.7. The first-order chi connectivity index (χ1) is 15.6. The lowest BCUT2D eigenvalue weighted by molar-refractivity contribution is 0.327. The van der Waals surface area contributed by atoms with Crippen LogP contribution in [0.1, 0.15) is 17.3 Å². The molecule has 2 aliphatic rings. The van der Waals surface area contributed by atoms with Gasteiger partial charge in [-0.2, -0.15) is 0 Å². The van der Waals surface area contributed by atoms with Crippen molar-refractivity contribution in [3.05, 3.63) is 95.1 Å². The Balaban J connectivity index is 1.65. The van der Waals surface area contributed by atoms with E-state index in [1.165, 1.54) is 17.0 Å². The second-order valence-corrected chi connectivity index (χ2v) is 8.79. The molecule has 0 radical (unpaired) electrons. The molecule has 4 nitrogen and oxygen atoms in total. The Hall–Kier alpha value is -3.03. The van der Waals surface area contributed by atoms with E-state index >= 15 is 0 Å². The highest BCUT2D eigenvalue weighted by Gasteiger charge is 2.38. The fourth-order valence-corrected chi connectivity index (χ4v) is 4.73. The number of ether oxygens (including phenoxy) is 2. The molecular weight excluding hydrogens is 443 g/mol. The molecule has 0 amide bonds.